The summed E-state index contributed by atoms with van der Waals surface area (Å²) in [6.45, 7) is 4.88. The molecule has 0 radical (unpaired) electrons. The minimum absolute atomic E-state index is 0.363. The molecule has 0 spiro atoms. The number of rotatable bonds is 1. The van der Waals surface area contributed by atoms with Gasteiger partial charge < -0.3 is 4.90 Å². The molecular weight excluding hydrogens is 160 g/mol. The number of piperidine rings is 1. The largest absolute Gasteiger partial charge is 0.300 e. The highest BCUT2D eigenvalue weighted by molar-refractivity contribution is 4.98. The van der Waals surface area contributed by atoms with Crippen LogP contribution in [0.4, 0.5) is 0 Å². The molecule has 2 heteroatoms. The lowest BCUT2D eigenvalue weighted by molar-refractivity contribution is 0.0621. The van der Waals surface area contributed by atoms with E-state index >= 15 is 0 Å². The third kappa shape index (κ3) is 1.86. The fourth-order valence-electron chi connectivity index (χ4n) is 2.55. The smallest absolute Gasteiger partial charge is 0.0657 e. The van der Waals surface area contributed by atoms with Crippen molar-refractivity contribution in [2.24, 2.45) is 11.8 Å². The van der Waals surface area contributed by atoms with Crippen LogP contribution in [0.25, 0.3) is 0 Å². The molecule has 0 bridgehead atoms. The number of nitrogens with zero attached hydrogens (tertiary/aromatic N) is 2. The monoisotopic (exact) mass is 178 g/mol. The Morgan fingerprint density at radius 1 is 1.38 bits per heavy atom. The summed E-state index contributed by atoms with van der Waals surface area (Å²) in [5, 5.41) is 8.69. The molecule has 0 N–H and O–H groups in total. The molecule has 13 heavy (non-hydrogen) atoms. The molecule has 1 aliphatic heterocycles. The average molecular weight is 178 g/mol. The van der Waals surface area contributed by atoms with E-state index in [1.807, 2.05) is 0 Å². The van der Waals surface area contributed by atoms with Crippen LogP contribution < -0.4 is 0 Å². The fourth-order valence-corrected chi connectivity index (χ4v) is 2.55. The molecule has 0 amide bonds. The van der Waals surface area contributed by atoms with E-state index in [4.69, 9.17) is 5.26 Å². The van der Waals surface area contributed by atoms with Crippen molar-refractivity contribution in [3.05, 3.63) is 0 Å². The van der Waals surface area contributed by atoms with E-state index in [-0.39, 0.29) is 0 Å². The van der Waals surface area contributed by atoms with Crippen molar-refractivity contribution in [3.63, 3.8) is 0 Å². The molecular formula is C11H18N2. The zero-order valence-corrected chi connectivity index (χ0v) is 8.37. The van der Waals surface area contributed by atoms with Crippen molar-refractivity contribution in [2.45, 2.75) is 38.6 Å². The molecule has 0 aromatic rings. The van der Waals surface area contributed by atoms with Gasteiger partial charge in [0.15, 0.2) is 0 Å². The Bertz CT molecular complexity index is 213. The second-order valence-corrected chi connectivity index (χ2v) is 4.69. The van der Waals surface area contributed by atoms with Gasteiger partial charge in [-0.15, -0.1) is 0 Å². The highest BCUT2D eigenvalue weighted by atomic mass is 15.2. The first kappa shape index (κ1) is 9.02. The second kappa shape index (κ2) is 3.67. The van der Waals surface area contributed by atoms with Gasteiger partial charge in [0, 0.05) is 18.5 Å². The summed E-state index contributed by atoms with van der Waals surface area (Å²) in [5.41, 5.74) is 0. The Hall–Kier alpha value is -0.550. The normalized spacial score (nSPS) is 40.8. The van der Waals surface area contributed by atoms with Crippen molar-refractivity contribution in [3.8, 4) is 6.07 Å². The SMILES string of the molecule is CC1CCCN(C2CC(C#N)C2)C1. The Morgan fingerprint density at radius 3 is 2.77 bits per heavy atom. The first-order valence-electron chi connectivity index (χ1n) is 5.43. The summed E-state index contributed by atoms with van der Waals surface area (Å²) in [5.74, 6) is 1.23. The molecule has 0 aromatic heterocycles. The van der Waals surface area contributed by atoms with E-state index in [0.29, 0.717) is 5.92 Å². The Balaban J connectivity index is 1.79. The van der Waals surface area contributed by atoms with Gasteiger partial charge in [-0.25, -0.2) is 0 Å². The number of likely N-dealkylation sites (tertiary alicyclic amines) is 1. The average Bonchev–Trinajstić information content (AvgIpc) is 2.02. The van der Waals surface area contributed by atoms with E-state index in [1.165, 1.54) is 25.9 Å². The van der Waals surface area contributed by atoms with Crippen LogP contribution in [0.2, 0.25) is 0 Å². The summed E-state index contributed by atoms with van der Waals surface area (Å²) < 4.78 is 0. The lowest BCUT2D eigenvalue weighted by Crippen LogP contribution is -2.48. The zero-order valence-electron chi connectivity index (χ0n) is 8.37. The Morgan fingerprint density at radius 2 is 2.15 bits per heavy atom. The van der Waals surface area contributed by atoms with Crippen LogP contribution in [0.1, 0.15) is 32.6 Å². The van der Waals surface area contributed by atoms with Gasteiger partial charge in [-0.1, -0.05) is 6.92 Å². The predicted octanol–water partition coefficient (Wildman–Crippen LogP) is 2.02. The predicted molar refractivity (Wildman–Crippen MR) is 52.1 cm³/mol. The van der Waals surface area contributed by atoms with E-state index in [1.54, 1.807) is 0 Å². The lowest BCUT2D eigenvalue weighted by atomic mass is 9.79. The topological polar surface area (TPSA) is 27.0 Å². The Kier molecular flexibility index (Phi) is 2.55. The van der Waals surface area contributed by atoms with Gasteiger partial charge in [-0.3, -0.25) is 0 Å². The molecule has 2 rings (SSSR count). The summed E-state index contributed by atoms with van der Waals surface area (Å²) in [4.78, 5) is 2.60. The molecule has 1 atom stereocenters. The van der Waals surface area contributed by atoms with Crippen LogP contribution in [-0.2, 0) is 0 Å². The maximum atomic E-state index is 8.69. The molecule has 0 aromatic carbocycles. The van der Waals surface area contributed by atoms with Crippen LogP contribution in [0.3, 0.4) is 0 Å². The third-order valence-corrected chi connectivity index (χ3v) is 3.50. The standard InChI is InChI=1S/C11H18N2/c1-9-3-2-4-13(8-9)11-5-10(6-11)7-12/h9-11H,2-6,8H2,1H3. The van der Waals surface area contributed by atoms with Crippen molar-refractivity contribution < 1.29 is 0 Å². The van der Waals surface area contributed by atoms with Gasteiger partial charge >= 0.3 is 0 Å². The maximum Gasteiger partial charge on any atom is 0.0657 e. The third-order valence-electron chi connectivity index (χ3n) is 3.50. The molecule has 2 nitrogen and oxygen atoms in total. The molecule has 72 valence electrons. The Labute approximate surface area is 80.5 Å². The molecule has 1 saturated heterocycles. The highest BCUT2D eigenvalue weighted by Gasteiger charge is 2.34. The zero-order chi connectivity index (χ0) is 9.26. The van der Waals surface area contributed by atoms with Crippen LogP contribution in [0.15, 0.2) is 0 Å². The van der Waals surface area contributed by atoms with E-state index in [2.05, 4.69) is 17.9 Å². The highest BCUT2D eigenvalue weighted by Crippen LogP contribution is 2.33. The van der Waals surface area contributed by atoms with Crippen LogP contribution in [0, 0.1) is 23.2 Å². The summed E-state index contributed by atoms with van der Waals surface area (Å²) in [6, 6.07) is 3.10. The van der Waals surface area contributed by atoms with Gasteiger partial charge in [0.1, 0.15) is 0 Å². The van der Waals surface area contributed by atoms with E-state index in [9.17, 15) is 0 Å². The van der Waals surface area contributed by atoms with Crippen molar-refractivity contribution >= 4 is 0 Å². The quantitative estimate of drug-likeness (QED) is 0.614. The minimum Gasteiger partial charge on any atom is -0.300 e. The molecule has 2 aliphatic rings. The summed E-state index contributed by atoms with van der Waals surface area (Å²) in [6.07, 6.45) is 5.01. The maximum absolute atomic E-state index is 8.69. The van der Waals surface area contributed by atoms with E-state index in [0.717, 1.165) is 24.8 Å². The van der Waals surface area contributed by atoms with Crippen LogP contribution in [0.5, 0.6) is 0 Å². The van der Waals surface area contributed by atoms with Gasteiger partial charge in [0.2, 0.25) is 0 Å². The summed E-state index contributed by atoms with van der Waals surface area (Å²) >= 11 is 0. The molecule has 1 saturated carbocycles. The molecule has 2 fully saturated rings. The van der Waals surface area contributed by atoms with E-state index < -0.39 is 0 Å². The molecule has 1 heterocycles. The second-order valence-electron chi connectivity index (χ2n) is 4.69. The van der Waals surface area contributed by atoms with Crippen molar-refractivity contribution in [2.75, 3.05) is 13.1 Å². The van der Waals surface area contributed by atoms with Crippen molar-refractivity contribution in [1.29, 1.82) is 5.26 Å². The molecule has 1 unspecified atom stereocenters. The number of hydrogen-bond acceptors (Lipinski definition) is 2. The van der Waals surface area contributed by atoms with Gasteiger partial charge in [-0.2, -0.15) is 5.26 Å². The fraction of sp³-hybridized carbons (Fsp3) is 0.909. The van der Waals surface area contributed by atoms with Crippen LogP contribution >= 0.6 is 0 Å². The molecule has 1 aliphatic carbocycles. The van der Waals surface area contributed by atoms with Gasteiger partial charge in [-0.05, 0) is 38.1 Å². The lowest BCUT2D eigenvalue weighted by Gasteiger charge is -2.43. The first-order valence-corrected chi connectivity index (χ1v) is 5.43. The first-order chi connectivity index (χ1) is 6.29. The van der Waals surface area contributed by atoms with Crippen LogP contribution in [-0.4, -0.2) is 24.0 Å². The minimum atomic E-state index is 0.363. The van der Waals surface area contributed by atoms with Crippen molar-refractivity contribution in [1.82, 2.24) is 4.90 Å². The van der Waals surface area contributed by atoms with Gasteiger partial charge in [0.05, 0.1) is 6.07 Å². The van der Waals surface area contributed by atoms with Gasteiger partial charge in [0.25, 0.3) is 0 Å². The number of hydrogen-bond donors (Lipinski definition) is 0. The summed E-state index contributed by atoms with van der Waals surface area (Å²) in [7, 11) is 0. The number of nitriles is 1.